The van der Waals surface area contributed by atoms with E-state index in [-0.39, 0.29) is 16.9 Å². The van der Waals surface area contributed by atoms with Crippen molar-refractivity contribution in [3.8, 4) is 5.75 Å². The number of anilines is 1. The summed E-state index contributed by atoms with van der Waals surface area (Å²) in [5.41, 5.74) is 1.97. The first-order valence-electron chi connectivity index (χ1n) is 9.08. The van der Waals surface area contributed by atoms with Crippen molar-refractivity contribution in [3.05, 3.63) is 86.2 Å². The van der Waals surface area contributed by atoms with Crippen molar-refractivity contribution in [2.45, 2.75) is 19.9 Å². The number of para-hydroxylation sites is 1. The second-order valence-corrected chi connectivity index (χ2v) is 8.16. The lowest BCUT2D eigenvalue weighted by atomic mass is 9.98. The molecule has 1 aliphatic rings. The predicted octanol–water partition coefficient (Wildman–Crippen LogP) is 4.32. The standard InChI is InChI=1S/C22H16N2O4S/c1-11-12(2)29-22(23-11)24-18(13-7-9-14(25)10-8-13)17-19(26)15-5-3-4-6-16(15)28-20(17)21(24)27/h3-10,18,25H,1-2H3/t18-/m0/s1. The first kappa shape index (κ1) is 17.6. The third-order valence-electron chi connectivity index (χ3n) is 5.21. The van der Waals surface area contributed by atoms with Gasteiger partial charge in [-0.05, 0) is 43.7 Å². The number of aromatic nitrogens is 1. The van der Waals surface area contributed by atoms with E-state index in [0.717, 1.165) is 10.6 Å². The molecule has 3 heterocycles. The first-order chi connectivity index (χ1) is 14.0. The van der Waals surface area contributed by atoms with Crippen LogP contribution < -0.4 is 10.3 Å². The Morgan fingerprint density at radius 3 is 2.48 bits per heavy atom. The number of thiazole rings is 1. The summed E-state index contributed by atoms with van der Waals surface area (Å²) >= 11 is 1.40. The molecule has 0 bridgehead atoms. The van der Waals surface area contributed by atoms with Gasteiger partial charge in [0.2, 0.25) is 5.76 Å². The number of carbonyl (C=O) groups excluding carboxylic acids is 1. The molecule has 0 fully saturated rings. The molecule has 6 nitrogen and oxygen atoms in total. The molecule has 2 aromatic carbocycles. The molecule has 144 valence electrons. The normalized spacial score (nSPS) is 15.9. The van der Waals surface area contributed by atoms with E-state index in [0.29, 0.717) is 27.2 Å². The summed E-state index contributed by atoms with van der Waals surface area (Å²) in [6.45, 7) is 3.83. The zero-order chi connectivity index (χ0) is 20.3. The molecule has 0 saturated carbocycles. The predicted molar refractivity (Wildman–Crippen MR) is 111 cm³/mol. The summed E-state index contributed by atoms with van der Waals surface area (Å²) in [7, 11) is 0. The maximum absolute atomic E-state index is 13.4. The van der Waals surface area contributed by atoms with Crippen molar-refractivity contribution in [2.75, 3.05) is 4.90 Å². The maximum Gasteiger partial charge on any atom is 0.297 e. The number of fused-ring (bicyclic) bond motifs is 2. The van der Waals surface area contributed by atoms with Gasteiger partial charge in [-0.25, -0.2) is 4.98 Å². The van der Waals surface area contributed by atoms with Crippen molar-refractivity contribution >= 4 is 33.3 Å². The van der Waals surface area contributed by atoms with Gasteiger partial charge >= 0.3 is 0 Å². The lowest BCUT2D eigenvalue weighted by Gasteiger charge is -2.22. The van der Waals surface area contributed by atoms with Gasteiger partial charge in [-0.3, -0.25) is 14.5 Å². The second kappa shape index (κ2) is 6.28. The van der Waals surface area contributed by atoms with E-state index in [9.17, 15) is 14.7 Å². The van der Waals surface area contributed by atoms with Gasteiger partial charge in [0.15, 0.2) is 10.6 Å². The van der Waals surface area contributed by atoms with Crippen LogP contribution in [-0.2, 0) is 0 Å². The largest absolute Gasteiger partial charge is 0.508 e. The smallest absolute Gasteiger partial charge is 0.297 e. The molecule has 0 saturated heterocycles. The van der Waals surface area contributed by atoms with Crippen LogP contribution in [0.3, 0.4) is 0 Å². The molecule has 1 atom stereocenters. The lowest BCUT2D eigenvalue weighted by molar-refractivity contribution is 0.0971. The van der Waals surface area contributed by atoms with Crippen LogP contribution in [0.15, 0.2) is 57.7 Å². The van der Waals surface area contributed by atoms with Crippen molar-refractivity contribution in [1.82, 2.24) is 4.98 Å². The Hall–Kier alpha value is -3.45. The highest BCUT2D eigenvalue weighted by molar-refractivity contribution is 7.15. The van der Waals surface area contributed by atoms with Crippen LogP contribution in [-0.4, -0.2) is 16.0 Å². The number of phenols is 1. The van der Waals surface area contributed by atoms with Crippen LogP contribution in [0.25, 0.3) is 11.0 Å². The highest BCUT2D eigenvalue weighted by Crippen LogP contribution is 2.43. The number of aromatic hydroxyl groups is 1. The monoisotopic (exact) mass is 404 g/mol. The summed E-state index contributed by atoms with van der Waals surface area (Å²) in [6, 6.07) is 12.7. The van der Waals surface area contributed by atoms with Crippen LogP contribution in [0.2, 0.25) is 0 Å². The van der Waals surface area contributed by atoms with E-state index < -0.39 is 11.9 Å². The van der Waals surface area contributed by atoms with E-state index in [2.05, 4.69) is 4.98 Å². The van der Waals surface area contributed by atoms with Gasteiger partial charge in [-0.1, -0.05) is 24.3 Å². The summed E-state index contributed by atoms with van der Waals surface area (Å²) in [6.07, 6.45) is 0. The molecule has 2 aromatic heterocycles. The number of hydrogen-bond donors (Lipinski definition) is 1. The number of phenolic OH excluding ortho intramolecular Hbond substituents is 1. The van der Waals surface area contributed by atoms with Gasteiger partial charge in [0, 0.05) is 4.88 Å². The number of amides is 1. The number of hydrogen-bond acceptors (Lipinski definition) is 6. The maximum atomic E-state index is 13.4. The van der Waals surface area contributed by atoms with Crippen LogP contribution >= 0.6 is 11.3 Å². The Morgan fingerprint density at radius 1 is 1.07 bits per heavy atom. The highest BCUT2D eigenvalue weighted by atomic mass is 32.1. The molecule has 5 rings (SSSR count). The fourth-order valence-corrected chi connectivity index (χ4v) is 4.58. The zero-order valence-electron chi connectivity index (χ0n) is 15.7. The average molecular weight is 404 g/mol. The summed E-state index contributed by atoms with van der Waals surface area (Å²) in [4.78, 5) is 33.8. The van der Waals surface area contributed by atoms with Crippen LogP contribution in [0.1, 0.15) is 38.3 Å². The third kappa shape index (κ3) is 2.58. The number of rotatable bonds is 2. The van der Waals surface area contributed by atoms with Crippen LogP contribution in [0.5, 0.6) is 5.75 Å². The molecular weight excluding hydrogens is 388 g/mol. The summed E-state index contributed by atoms with van der Waals surface area (Å²) < 4.78 is 5.90. The quantitative estimate of drug-likeness (QED) is 0.538. The molecule has 4 aromatic rings. The molecular formula is C22H16N2O4S. The number of nitrogens with zero attached hydrogens (tertiary/aromatic N) is 2. The van der Waals surface area contributed by atoms with E-state index in [1.54, 1.807) is 36.4 Å². The van der Waals surface area contributed by atoms with E-state index in [1.165, 1.54) is 28.4 Å². The van der Waals surface area contributed by atoms with Gasteiger partial charge in [0.05, 0.1) is 22.7 Å². The van der Waals surface area contributed by atoms with Gasteiger partial charge in [-0.2, -0.15) is 0 Å². The molecule has 0 spiro atoms. The summed E-state index contributed by atoms with van der Waals surface area (Å²) in [5.74, 6) is -0.247. The fourth-order valence-electron chi connectivity index (χ4n) is 3.65. The van der Waals surface area contributed by atoms with Crippen LogP contribution in [0, 0.1) is 13.8 Å². The third-order valence-corrected chi connectivity index (χ3v) is 6.28. The van der Waals surface area contributed by atoms with E-state index in [1.807, 2.05) is 13.8 Å². The Kier molecular flexibility index (Phi) is 3.82. The SMILES string of the molecule is Cc1nc(N2C(=O)c3oc4ccccc4c(=O)c3[C@@H]2c2ccc(O)cc2)sc1C. The molecule has 1 N–H and O–H groups in total. The van der Waals surface area contributed by atoms with Gasteiger partial charge in [0.1, 0.15) is 11.3 Å². The number of carbonyl (C=O) groups is 1. The van der Waals surface area contributed by atoms with Crippen molar-refractivity contribution in [2.24, 2.45) is 0 Å². The summed E-state index contributed by atoms with van der Waals surface area (Å²) in [5, 5.41) is 10.6. The minimum atomic E-state index is -0.677. The van der Waals surface area contributed by atoms with Gasteiger partial charge < -0.3 is 9.52 Å². The molecule has 7 heteroatoms. The minimum Gasteiger partial charge on any atom is -0.508 e. The fraction of sp³-hybridized carbons (Fsp3) is 0.136. The topological polar surface area (TPSA) is 83.6 Å². The molecule has 29 heavy (non-hydrogen) atoms. The Balaban J connectivity index is 1.82. The van der Waals surface area contributed by atoms with Crippen LogP contribution in [0.4, 0.5) is 5.13 Å². The zero-order valence-corrected chi connectivity index (χ0v) is 16.5. The Labute approximate surface area is 169 Å². The van der Waals surface area contributed by atoms with Crippen molar-refractivity contribution < 1.29 is 14.3 Å². The minimum absolute atomic E-state index is 0.0391. The second-order valence-electron chi connectivity index (χ2n) is 6.98. The van der Waals surface area contributed by atoms with E-state index >= 15 is 0 Å². The molecule has 1 amide bonds. The Bertz CT molecular complexity index is 1320. The Morgan fingerprint density at radius 2 is 1.79 bits per heavy atom. The number of benzene rings is 2. The van der Waals surface area contributed by atoms with Gasteiger partial charge in [0.25, 0.3) is 5.91 Å². The van der Waals surface area contributed by atoms with Crippen molar-refractivity contribution in [1.29, 1.82) is 0 Å². The molecule has 0 aliphatic carbocycles. The van der Waals surface area contributed by atoms with Crippen molar-refractivity contribution in [3.63, 3.8) is 0 Å². The highest BCUT2D eigenvalue weighted by Gasteiger charge is 2.45. The molecule has 0 unspecified atom stereocenters. The lowest BCUT2D eigenvalue weighted by Crippen LogP contribution is -2.29. The van der Waals surface area contributed by atoms with E-state index in [4.69, 9.17) is 4.42 Å². The molecule has 1 aliphatic heterocycles. The first-order valence-corrected chi connectivity index (χ1v) is 9.89. The average Bonchev–Trinajstić information content (AvgIpc) is 3.19. The number of aryl methyl sites for hydroxylation is 2. The van der Waals surface area contributed by atoms with Gasteiger partial charge in [-0.15, -0.1) is 11.3 Å². The molecule has 0 radical (unpaired) electrons.